The molecule has 40 heavy (non-hydrogen) atoms. The van der Waals surface area contributed by atoms with Gasteiger partial charge in [-0.05, 0) is 64.6 Å². The number of methoxy groups -OCH3 is 1. The summed E-state index contributed by atoms with van der Waals surface area (Å²) in [4.78, 5) is 31.1. The Labute approximate surface area is 235 Å². The smallest absolute Gasteiger partial charge is 0.296 e. The van der Waals surface area contributed by atoms with E-state index in [1.54, 1.807) is 26.2 Å². The Hall–Kier alpha value is -4.43. The van der Waals surface area contributed by atoms with Crippen LogP contribution in [0.4, 0.5) is 17.2 Å². The van der Waals surface area contributed by atoms with Crippen molar-refractivity contribution in [1.29, 1.82) is 0 Å². The predicted octanol–water partition coefficient (Wildman–Crippen LogP) is 6.11. The first-order valence-corrected chi connectivity index (χ1v) is 13.1. The van der Waals surface area contributed by atoms with E-state index < -0.39 is 11.7 Å². The number of carbonyl (C=O) groups excluding carboxylic acids is 2. The molecule has 4 N–H and O–H groups in total. The van der Waals surface area contributed by atoms with E-state index in [2.05, 4.69) is 41.7 Å². The Morgan fingerprint density at radius 3 is 2.12 bits per heavy atom. The number of hydrogen-bond acceptors (Lipinski definition) is 7. The van der Waals surface area contributed by atoms with Gasteiger partial charge in [-0.15, -0.1) is 0 Å². The summed E-state index contributed by atoms with van der Waals surface area (Å²) >= 11 is 0. The standard InChI is InChI=1S/C30H32N4O3.C2H6O/c1-30(2,3)19-15-24(31-4)28(37-6)25(16-19)34-29(36)27(35)23-13-12-20(21-9-7-8-10-22(21)23)18-11-14-26(32-5)33-17-18;1-2-3/h7-17,31H,1-6H3,(H,32,33)(H,34,36);3H,2H2,1H3. The van der Waals surface area contributed by atoms with Gasteiger partial charge in [0.25, 0.3) is 11.7 Å². The lowest BCUT2D eigenvalue weighted by molar-refractivity contribution is -0.112. The van der Waals surface area contributed by atoms with Gasteiger partial charge in [-0.1, -0.05) is 51.1 Å². The number of fused-ring (bicyclic) bond motifs is 1. The van der Waals surface area contributed by atoms with Gasteiger partial charge in [0.1, 0.15) is 5.82 Å². The average Bonchev–Trinajstić information content (AvgIpc) is 2.95. The molecule has 0 radical (unpaired) electrons. The van der Waals surface area contributed by atoms with Gasteiger partial charge in [-0.3, -0.25) is 9.59 Å². The number of anilines is 3. The number of rotatable bonds is 7. The molecule has 0 aliphatic carbocycles. The number of hydrogen-bond donors (Lipinski definition) is 4. The lowest BCUT2D eigenvalue weighted by Gasteiger charge is -2.23. The van der Waals surface area contributed by atoms with Crippen LogP contribution in [-0.4, -0.2) is 49.6 Å². The zero-order chi connectivity index (χ0) is 29.4. The zero-order valence-electron chi connectivity index (χ0n) is 24.2. The normalized spacial score (nSPS) is 10.8. The number of amides is 1. The van der Waals surface area contributed by atoms with E-state index in [1.165, 1.54) is 7.11 Å². The molecular weight excluding hydrogens is 504 g/mol. The number of carbonyl (C=O) groups is 2. The molecule has 0 saturated heterocycles. The third kappa shape index (κ3) is 6.58. The predicted molar refractivity (Wildman–Crippen MR) is 164 cm³/mol. The van der Waals surface area contributed by atoms with Gasteiger partial charge in [0.05, 0.1) is 18.5 Å². The highest BCUT2D eigenvalue weighted by atomic mass is 16.5. The van der Waals surface area contributed by atoms with Gasteiger partial charge in [0.2, 0.25) is 0 Å². The molecule has 0 bridgehead atoms. The maximum atomic E-state index is 13.4. The maximum absolute atomic E-state index is 13.4. The van der Waals surface area contributed by atoms with Crippen molar-refractivity contribution < 1.29 is 19.4 Å². The van der Waals surface area contributed by atoms with Crippen LogP contribution in [0.1, 0.15) is 43.6 Å². The summed E-state index contributed by atoms with van der Waals surface area (Å²) in [5.41, 5.74) is 4.17. The van der Waals surface area contributed by atoms with Crippen LogP contribution in [0.3, 0.4) is 0 Å². The summed E-state index contributed by atoms with van der Waals surface area (Å²) in [6.07, 6.45) is 1.79. The van der Waals surface area contributed by atoms with Gasteiger partial charge in [0, 0.05) is 38.0 Å². The van der Waals surface area contributed by atoms with E-state index >= 15 is 0 Å². The second kappa shape index (κ2) is 13.1. The van der Waals surface area contributed by atoms with Crippen molar-refractivity contribution in [2.24, 2.45) is 0 Å². The molecule has 0 spiro atoms. The van der Waals surface area contributed by atoms with Crippen LogP contribution in [-0.2, 0) is 10.2 Å². The minimum absolute atomic E-state index is 0.173. The summed E-state index contributed by atoms with van der Waals surface area (Å²) in [5.74, 6) is -0.122. The molecule has 3 aromatic carbocycles. The van der Waals surface area contributed by atoms with Gasteiger partial charge >= 0.3 is 0 Å². The van der Waals surface area contributed by atoms with Crippen LogP contribution in [0.25, 0.3) is 21.9 Å². The first kappa shape index (κ1) is 30.1. The molecule has 0 unspecified atom stereocenters. The highest BCUT2D eigenvalue weighted by Crippen LogP contribution is 2.39. The van der Waals surface area contributed by atoms with Crippen LogP contribution in [0.2, 0.25) is 0 Å². The summed E-state index contributed by atoms with van der Waals surface area (Å²) in [5, 5.41) is 18.1. The van der Waals surface area contributed by atoms with Crippen molar-refractivity contribution in [3.63, 3.8) is 0 Å². The Balaban J connectivity index is 0.00000141. The first-order valence-electron chi connectivity index (χ1n) is 13.1. The number of nitrogens with zero attached hydrogens (tertiary/aromatic N) is 1. The number of aromatic nitrogens is 1. The molecule has 1 aromatic heterocycles. The largest absolute Gasteiger partial charge is 0.492 e. The summed E-state index contributed by atoms with van der Waals surface area (Å²) in [6, 6.07) is 18.9. The van der Waals surface area contributed by atoms with E-state index in [9.17, 15) is 9.59 Å². The monoisotopic (exact) mass is 542 g/mol. The third-order valence-electron chi connectivity index (χ3n) is 6.38. The second-order valence-electron chi connectivity index (χ2n) is 10.1. The lowest BCUT2D eigenvalue weighted by Crippen LogP contribution is -2.24. The molecule has 0 saturated carbocycles. The number of aliphatic hydroxyl groups is 1. The van der Waals surface area contributed by atoms with Crippen molar-refractivity contribution in [3.05, 3.63) is 78.0 Å². The van der Waals surface area contributed by atoms with Crippen LogP contribution in [0, 0.1) is 0 Å². The van der Waals surface area contributed by atoms with Crippen molar-refractivity contribution >= 4 is 39.7 Å². The van der Waals surface area contributed by atoms with Gasteiger partial charge in [0.15, 0.2) is 5.75 Å². The third-order valence-corrected chi connectivity index (χ3v) is 6.38. The first-order chi connectivity index (χ1) is 19.1. The number of benzene rings is 3. The van der Waals surface area contributed by atoms with Crippen LogP contribution in [0.5, 0.6) is 5.75 Å². The Bertz CT molecular complexity index is 1490. The summed E-state index contributed by atoms with van der Waals surface area (Å²) in [6.45, 7) is 8.18. The minimum Gasteiger partial charge on any atom is -0.492 e. The van der Waals surface area contributed by atoms with E-state index in [4.69, 9.17) is 9.84 Å². The molecule has 0 aliphatic heterocycles. The number of pyridine rings is 1. The van der Waals surface area contributed by atoms with Crippen LogP contribution < -0.4 is 20.7 Å². The topological polar surface area (TPSA) is 113 Å². The number of ketones is 1. The molecule has 210 valence electrons. The van der Waals surface area contributed by atoms with E-state index in [-0.39, 0.29) is 12.0 Å². The fraction of sp³-hybridized carbons (Fsp3) is 0.281. The van der Waals surface area contributed by atoms with Crippen molar-refractivity contribution in [1.82, 2.24) is 4.98 Å². The highest BCUT2D eigenvalue weighted by molar-refractivity contribution is 6.48. The van der Waals surface area contributed by atoms with Crippen molar-refractivity contribution in [2.45, 2.75) is 33.1 Å². The van der Waals surface area contributed by atoms with E-state index in [0.29, 0.717) is 22.4 Å². The van der Waals surface area contributed by atoms with Gasteiger partial charge < -0.3 is 25.8 Å². The molecule has 4 aromatic rings. The summed E-state index contributed by atoms with van der Waals surface area (Å²) < 4.78 is 5.57. The molecule has 1 amide bonds. The molecule has 0 aliphatic rings. The molecular formula is C32H38N4O4. The van der Waals surface area contributed by atoms with Crippen LogP contribution >= 0.6 is 0 Å². The highest BCUT2D eigenvalue weighted by Gasteiger charge is 2.24. The van der Waals surface area contributed by atoms with E-state index in [1.807, 2.05) is 61.6 Å². The molecule has 0 atom stereocenters. The molecule has 8 heteroatoms. The zero-order valence-corrected chi connectivity index (χ0v) is 24.2. The molecule has 0 fully saturated rings. The molecule has 8 nitrogen and oxygen atoms in total. The van der Waals surface area contributed by atoms with Gasteiger partial charge in [-0.2, -0.15) is 0 Å². The number of Topliss-reactive ketones (excluding diaryl/α,β-unsaturated/α-hetero) is 1. The van der Waals surface area contributed by atoms with Crippen LogP contribution in [0.15, 0.2) is 66.9 Å². The number of nitrogens with one attached hydrogen (secondary N) is 3. The molecule has 4 rings (SSSR count). The van der Waals surface area contributed by atoms with E-state index in [0.717, 1.165) is 33.6 Å². The Morgan fingerprint density at radius 1 is 0.925 bits per heavy atom. The Kier molecular flexibility index (Phi) is 9.85. The minimum atomic E-state index is -0.732. The second-order valence-corrected chi connectivity index (χ2v) is 10.1. The fourth-order valence-electron chi connectivity index (χ4n) is 4.31. The quantitative estimate of drug-likeness (QED) is 0.165. The number of aliphatic hydroxyl groups excluding tert-OH is 1. The van der Waals surface area contributed by atoms with Crippen molar-refractivity contribution in [2.75, 3.05) is 43.8 Å². The summed E-state index contributed by atoms with van der Waals surface area (Å²) in [7, 11) is 5.14. The fourth-order valence-corrected chi connectivity index (χ4v) is 4.31. The number of ether oxygens (including phenoxy) is 1. The molecule has 1 heterocycles. The SMILES string of the molecule is CCO.CNc1ccc(-c2ccc(C(=O)C(=O)Nc3cc(C(C)(C)C)cc(NC)c3OC)c3ccccc23)cn1. The average molecular weight is 543 g/mol. The Morgan fingerprint density at radius 2 is 1.57 bits per heavy atom. The lowest BCUT2D eigenvalue weighted by atomic mass is 9.86. The van der Waals surface area contributed by atoms with Gasteiger partial charge in [-0.25, -0.2) is 4.98 Å². The maximum Gasteiger partial charge on any atom is 0.296 e. The van der Waals surface area contributed by atoms with Crippen molar-refractivity contribution in [3.8, 4) is 16.9 Å².